The summed E-state index contributed by atoms with van der Waals surface area (Å²) in [6.07, 6.45) is 4.90. The third-order valence-corrected chi connectivity index (χ3v) is 1.61. The third kappa shape index (κ3) is 2.19. The molecule has 1 atom stereocenters. The summed E-state index contributed by atoms with van der Waals surface area (Å²) in [5.74, 6) is -0.862. The molecule has 56 valence electrons. The van der Waals surface area contributed by atoms with Gasteiger partial charge in [-0.25, -0.2) is 4.79 Å². The zero-order chi connectivity index (χ0) is 7.40. The van der Waals surface area contributed by atoms with Crippen molar-refractivity contribution in [3.05, 3.63) is 12.2 Å². The largest absolute Gasteiger partial charge is 0.478 e. The SMILES string of the molecule is O=C(O)C=CCC1CCN1. The lowest BCUT2D eigenvalue weighted by molar-refractivity contribution is -0.131. The van der Waals surface area contributed by atoms with Crippen molar-refractivity contribution in [1.82, 2.24) is 5.32 Å². The first-order valence-corrected chi connectivity index (χ1v) is 3.42. The molecule has 0 aliphatic carbocycles. The predicted molar refractivity (Wildman–Crippen MR) is 37.8 cm³/mol. The number of rotatable bonds is 3. The Morgan fingerprint density at radius 1 is 1.80 bits per heavy atom. The fourth-order valence-electron chi connectivity index (χ4n) is 0.883. The fraction of sp³-hybridized carbons (Fsp3) is 0.571. The molecule has 1 fully saturated rings. The van der Waals surface area contributed by atoms with Crippen LogP contribution in [-0.4, -0.2) is 23.7 Å². The maximum atomic E-state index is 9.98. The highest BCUT2D eigenvalue weighted by molar-refractivity contribution is 5.79. The Morgan fingerprint density at radius 3 is 2.90 bits per heavy atom. The average molecular weight is 141 g/mol. The highest BCUT2D eigenvalue weighted by Gasteiger charge is 2.13. The van der Waals surface area contributed by atoms with E-state index in [0.717, 1.165) is 13.0 Å². The van der Waals surface area contributed by atoms with Crippen molar-refractivity contribution in [1.29, 1.82) is 0 Å². The van der Waals surface area contributed by atoms with Gasteiger partial charge in [-0.1, -0.05) is 6.08 Å². The summed E-state index contributed by atoms with van der Waals surface area (Å²) in [5.41, 5.74) is 0. The van der Waals surface area contributed by atoms with Gasteiger partial charge in [-0.2, -0.15) is 0 Å². The molecule has 3 nitrogen and oxygen atoms in total. The van der Waals surface area contributed by atoms with E-state index in [4.69, 9.17) is 5.11 Å². The quantitative estimate of drug-likeness (QED) is 0.558. The fourth-order valence-corrected chi connectivity index (χ4v) is 0.883. The summed E-state index contributed by atoms with van der Waals surface area (Å²) in [4.78, 5) is 9.98. The number of aliphatic carboxylic acids is 1. The van der Waals surface area contributed by atoms with Crippen LogP contribution in [0, 0.1) is 0 Å². The van der Waals surface area contributed by atoms with Crippen LogP contribution in [0.15, 0.2) is 12.2 Å². The van der Waals surface area contributed by atoms with Crippen molar-refractivity contribution in [2.45, 2.75) is 18.9 Å². The van der Waals surface area contributed by atoms with E-state index >= 15 is 0 Å². The number of carboxylic acid groups (broad SMARTS) is 1. The molecule has 0 spiro atoms. The number of hydrogen-bond donors (Lipinski definition) is 2. The van der Waals surface area contributed by atoms with Crippen molar-refractivity contribution in [2.75, 3.05) is 6.54 Å². The predicted octanol–water partition coefficient (Wildman–Crippen LogP) is 0.379. The minimum Gasteiger partial charge on any atom is -0.478 e. The van der Waals surface area contributed by atoms with E-state index in [9.17, 15) is 4.79 Å². The number of carboxylic acids is 1. The minimum absolute atomic E-state index is 0.524. The molecule has 0 bridgehead atoms. The third-order valence-electron chi connectivity index (χ3n) is 1.61. The summed E-state index contributed by atoms with van der Waals surface area (Å²) in [7, 11) is 0. The second kappa shape index (κ2) is 3.37. The Kier molecular flexibility index (Phi) is 2.45. The molecule has 0 aromatic carbocycles. The normalized spacial score (nSPS) is 24.6. The Labute approximate surface area is 59.7 Å². The molecule has 0 aromatic rings. The Hall–Kier alpha value is -0.830. The van der Waals surface area contributed by atoms with Gasteiger partial charge >= 0.3 is 5.97 Å². The first-order chi connectivity index (χ1) is 4.79. The van der Waals surface area contributed by atoms with Crippen molar-refractivity contribution >= 4 is 5.97 Å². The average Bonchev–Trinajstić information content (AvgIpc) is 1.75. The van der Waals surface area contributed by atoms with E-state index in [1.54, 1.807) is 6.08 Å². The minimum atomic E-state index is -0.862. The first-order valence-electron chi connectivity index (χ1n) is 3.42. The maximum Gasteiger partial charge on any atom is 0.327 e. The standard InChI is InChI=1S/C7H11NO2/c9-7(10)3-1-2-6-4-5-8-6/h1,3,6,8H,2,4-5H2,(H,9,10). The Balaban J connectivity index is 2.08. The lowest BCUT2D eigenvalue weighted by Crippen LogP contribution is -2.42. The highest BCUT2D eigenvalue weighted by atomic mass is 16.4. The molecule has 0 aromatic heterocycles. The van der Waals surface area contributed by atoms with Crippen molar-refractivity contribution in [2.24, 2.45) is 0 Å². The van der Waals surface area contributed by atoms with Crippen molar-refractivity contribution in [3.63, 3.8) is 0 Å². The molecular formula is C7H11NO2. The lowest BCUT2D eigenvalue weighted by Gasteiger charge is -2.25. The monoisotopic (exact) mass is 141 g/mol. The van der Waals surface area contributed by atoms with Crippen LogP contribution >= 0.6 is 0 Å². The zero-order valence-electron chi connectivity index (χ0n) is 5.71. The van der Waals surface area contributed by atoms with Crippen LogP contribution in [0.2, 0.25) is 0 Å². The van der Waals surface area contributed by atoms with Gasteiger partial charge in [0.1, 0.15) is 0 Å². The summed E-state index contributed by atoms with van der Waals surface area (Å²) < 4.78 is 0. The number of hydrogen-bond acceptors (Lipinski definition) is 2. The highest BCUT2D eigenvalue weighted by Crippen LogP contribution is 2.06. The molecule has 1 saturated heterocycles. The van der Waals surface area contributed by atoms with E-state index in [0.29, 0.717) is 6.04 Å². The van der Waals surface area contributed by atoms with Gasteiger partial charge in [0.15, 0.2) is 0 Å². The van der Waals surface area contributed by atoms with E-state index in [1.807, 2.05) is 0 Å². The number of nitrogens with one attached hydrogen (secondary N) is 1. The van der Waals surface area contributed by atoms with Gasteiger partial charge in [0, 0.05) is 12.1 Å². The van der Waals surface area contributed by atoms with Crippen LogP contribution in [0.1, 0.15) is 12.8 Å². The van der Waals surface area contributed by atoms with Crippen LogP contribution in [0.4, 0.5) is 0 Å². The Bertz CT molecular complexity index is 150. The van der Waals surface area contributed by atoms with Crippen LogP contribution in [0.25, 0.3) is 0 Å². The smallest absolute Gasteiger partial charge is 0.327 e. The van der Waals surface area contributed by atoms with E-state index in [2.05, 4.69) is 5.32 Å². The summed E-state index contributed by atoms with van der Waals surface area (Å²) in [5, 5.41) is 11.4. The molecule has 1 rings (SSSR count). The van der Waals surface area contributed by atoms with Crippen LogP contribution in [0.5, 0.6) is 0 Å². The van der Waals surface area contributed by atoms with Gasteiger partial charge in [-0.3, -0.25) is 0 Å². The van der Waals surface area contributed by atoms with E-state index < -0.39 is 5.97 Å². The van der Waals surface area contributed by atoms with E-state index in [-0.39, 0.29) is 0 Å². The molecule has 0 saturated carbocycles. The first kappa shape index (κ1) is 7.28. The topological polar surface area (TPSA) is 49.3 Å². The number of carbonyl (C=O) groups is 1. The molecule has 1 aliphatic heterocycles. The molecule has 10 heavy (non-hydrogen) atoms. The zero-order valence-corrected chi connectivity index (χ0v) is 5.71. The molecule has 3 heteroatoms. The molecule has 1 heterocycles. The summed E-state index contributed by atoms with van der Waals surface area (Å²) >= 11 is 0. The maximum absolute atomic E-state index is 9.98. The molecule has 1 aliphatic rings. The van der Waals surface area contributed by atoms with Gasteiger partial charge in [-0.15, -0.1) is 0 Å². The second-order valence-electron chi connectivity index (χ2n) is 2.42. The van der Waals surface area contributed by atoms with Crippen LogP contribution in [0.3, 0.4) is 0 Å². The summed E-state index contributed by atoms with van der Waals surface area (Å²) in [6, 6.07) is 0.524. The molecule has 0 amide bonds. The molecule has 0 radical (unpaired) electrons. The van der Waals surface area contributed by atoms with Crippen molar-refractivity contribution in [3.8, 4) is 0 Å². The van der Waals surface area contributed by atoms with E-state index in [1.165, 1.54) is 12.5 Å². The summed E-state index contributed by atoms with van der Waals surface area (Å²) in [6.45, 7) is 1.07. The molecule has 1 unspecified atom stereocenters. The van der Waals surface area contributed by atoms with Gasteiger partial charge in [0.05, 0.1) is 0 Å². The molecular weight excluding hydrogens is 130 g/mol. The van der Waals surface area contributed by atoms with Gasteiger partial charge in [-0.05, 0) is 19.4 Å². The van der Waals surface area contributed by atoms with Crippen LogP contribution in [-0.2, 0) is 4.79 Å². The van der Waals surface area contributed by atoms with Crippen LogP contribution < -0.4 is 5.32 Å². The van der Waals surface area contributed by atoms with Gasteiger partial charge in [0.25, 0.3) is 0 Å². The van der Waals surface area contributed by atoms with Gasteiger partial charge < -0.3 is 10.4 Å². The second-order valence-corrected chi connectivity index (χ2v) is 2.42. The van der Waals surface area contributed by atoms with Gasteiger partial charge in [0.2, 0.25) is 0 Å². The van der Waals surface area contributed by atoms with Crippen molar-refractivity contribution < 1.29 is 9.90 Å². The molecule has 2 N–H and O–H groups in total. The Morgan fingerprint density at radius 2 is 2.50 bits per heavy atom. The lowest BCUT2D eigenvalue weighted by atomic mass is 10.0.